The fourth-order valence-electron chi connectivity index (χ4n) is 1.80. The molecule has 120 valence electrons. The Kier molecular flexibility index (Phi) is 8.76. The zero-order valence-corrected chi connectivity index (χ0v) is 13.4. The van der Waals surface area contributed by atoms with Gasteiger partial charge in [0.25, 0.3) is 0 Å². The molecule has 0 heterocycles. The molecule has 7 heteroatoms. The van der Waals surface area contributed by atoms with Gasteiger partial charge in [0.2, 0.25) is 5.91 Å². The molecule has 1 aromatic rings. The molecule has 0 fully saturated rings. The topological polar surface area (TPSA) is 85.0 Å². The standard InChI is InChI=1S/C14H22N2O4.ClH/c1-16(14(18)7-11(8-15)19-2)9-10-4-5-12(17)13(6-10)20-3;/h4-6,11,17H,7-9,15H2,1-3H3;1H. The van der Waals surface area contributed by atoms with Crippen molar-refractivity contribution in [3.63, 3.8) is 0 Å². The molecule has 0 saturated heterocycles. The predicted octanol–water partition coefficient (Wildman–Crippen LogP) is 1.14. The normalized spacial score (nSPS) is 11.4. The average molecular weight is 319 g/mol. The minimum Gasteiger partial charge on any atom is -0.504 e. The van der Waals surface area contributed by atoms with Crippen molar-refractivity contribution in [3.05, 3.63) is 23.8 Å². The summed E-state index contributed by atoms with van der Waals surface area (Å²) in [6.45, 7) is 0.736. The number of carbonyl (C=O) groups is 1. The van der Waals surface area contributed by atoms with E-state index in [0.29, 0.717) is 18.8 Å². The van der Waals surface area contributed by atoms with Crippen LogP contribution < -0.4 is 10.5 Å². The molecule has 0 aliphatic carbocycles. The number of amides is 1. The van der Waals surface area contributed by atoms with Crippen molar-refractivity contribution in [3.8, 4) is 11.5 Å². The Bertz CT molecular complexity index is 453. The molecule has 1 atom stereocenters. The van der Waals surface area contributed by atoms with Crippen LogP contribution in [0.25, 0.3) is 0 Å². The van der Waals surface area contributed by atoms with Gasteiger partial charge in [0.15, 0.2) is 11.5 Å². The monoisotopic (exact) mass is 318 g/mol. The fourth-order valence-corrected chi connectivity index (χ4v) is 1.80. The number of benzene rings is 1. The Balaban J connectivity index is 0.00000400. The van der Waals surface area contributed by atoms with Crippen LogP contribution in [0.1, 0.15) is 12.0 Å². The van der Waals surface area contributed by atoms with E-state index in [1.54, 1.807) is 30.1 Å². The van der Waals surface area contributed by atoms with Crippen molar-refractivity contribution in [2.75, 3.05) is 27.8 Å². The van der Waals surface area contributed by atoms with Crippen molar-refractivity contribution in [2.45, 2.75) is 19.1 Å². The summed E-state index contributed by atoms with van der Waals surface area (Å²) in [4.78, 5) is 13.6. The van der Waals surface area contributed by atoms with E-state index in [9.17, 15) is 9.90 Å². The van der Waals surface area contributed by atoms with Gasteiger partial charge in [0.05, 0.1) is 19.6 Å². The molecule has 1 rings (SSSR count). The Hall–Kier alpha value is -1.50. The molecule has 1 aromatic carbocycles. The van der Waals surface area contributed by atoms with E-state index in [2.05, 4.69) is 0 Å². The van der Waals surface area contributed by atoms with Gasteiger partial charge in [-0.15, -0.1) is 12.4 Å². The first-order valence-electron chi connectivity index (χ1n) is 6.34. The van der Waals surface area contributed by atoms with Crippen LogP contribution in [0.15, 0.2) is 18.2 Å². The Morgan fingerprint density at radius 2 is 2.10 bits per heavy atom. The van der Waals surface area contributed by atoms with Crippen molar-refractivity contribution >= 4 is 18.3 Å². The minimum atomic E-state index is -0.265. The average Bonchev–Trinajstić information content (AvgIpc) is 2.46. The molecular weight excluding hydrogens is 296 g/mol. The molecule has 3 N–H and O–H groups in total. The summed E-state index contributed by atoms with van der Waals surface area (Å²) >= 11 is 0. The first-order valence-corrected chi connectivity index (χ1v) is 6.34. The third-order valence-electron chi connectivity index (χ3n) is 3.09. The molecule has 6 nitrogen and oxygen atoms in total. The number of nitrogens with zero attached hydrogens (tertiary/aromatic N) is 1. The van der Waals surface area contributed by atoms with Gasteiger partial charge in [-0.05, 0) is 17.7 Å². The number of nitrogens with two attached hydrogens (primary N) is 1. The van der Waals surface area contributed by atoms with Gasteiger partial charge in [-0.3, -0.25) is 4.79 Å². The maximum atomic E-state index is 12.0. The van der Waals surface area contributed by atoms with Gasteiger partial charge in [0, 0.05) is 27.2 Å². The molecule has 21 heavy (non-hydrogen) atoms. The number of phenols is 1. The molecule has 1 unspecified atom stereocenters. The van der Waals surface area contributed by atoms with Gasteiger partial charge in [-0.25, -0.2) is 0 Å². The van der Waals surface area contributed by atoms with Crippen LogP contribution in [-0.2, 0) is 16.1 Å². The predicted molar refractivity (Wildman–Crippen MR) is 82.8 cm³/mol. The Morgan fingerprint density at radius 1 is 1.43 bits per heavy atom. The van der Waals surface area contributed by atoms with Crippen molar-refractivity contribution in [2.24, 2.45) is 5.73 Å². The van der Waals surface area contributed by atoms with Crippen LogP contribution in [-0.4, -0.2) is 49.8 Å². The highest BCUT2D eigenvalue weighted by atomic mass is 35.5. The van der Waals surface area contributed by atoms with Crippen molar-refractivity contribution < 1.29 is 19.4 Å². The zero-order valence-electron chi connectivity index (χ0n) is 12.5. The Morgan fingerprint density at radius 3 is 2.62 bits per heavy atom. The molecule has 0 aromatic heterocycles. The zero-order chi connectivity index (χ0) is 15.1. The van der Waals surface area contributed by atoms with E-state index in [4.69, 9.17) is 15.2 Å². The van der Waals surface area contributed by atoms with E-state index in [-0.39, 0.29) is 36.6 Å². The van der Waals surface area contributed by atoms with Crippen LogP contribution in [0.2, 0.25) is 0 Å². The lowest BCUT2D eigenvalue weighted by Crippen LogP contribution is -2.33. The molecule has 0 saturated carbocycles. The van der Waals surface area contributed by atoms with Crippen molar-refractivity contribution in [1.29, 1.82) is 0 Å². The second-order valence-corrected chi connectivity index (χ2v) is 4.55. The number of hydrogen-bond acceptors (Lipinski definition) is 5. The van der Waals surface area contributed by atoms with E-state index in [0.717, 1.165) is 5.56 Å². The quantitative estimate of drug-likeness (QED) is 0.787. The molecule has 0 aliphatic heterocycles. The minimum absolute atomic E-state index is 0. The second-order valence-electron chi connectivity index (χ2n) is 4.55. The summed E-state index contributed by atoms with van der Waals surface area (Å²) < 4.78 is 10.1. The van der Waals surface area contributed by atoms with Crippen molar-refractivity contribution in [1.82, 2.24) is 4.90 Å². The lowest BCUT2D eigenvalue weighted by atomic mass is 10.1. The number of rotatable bonds is 7. The number of halogens is 1. The number of carbonyl (C=O) groups excluding carboxylic acids is 1. The van der Waals surface area contributed by atoms with Gasteiger partial charge in [0.1, 0.15) is 0 Å². The largest absolute Gasteiger partial charge is 0.504 e. The summed E-state index contributed by atoms with van der Waals surface area (Å²) in [7, 11) is 4.73. The van der Waals surface area contributed by atoms with Crippen LogP contribution in [0, 0.1) is 0 Å². The third kappa shape index (κ3) is 5.79. The number of phenolic OH excluding ortho intramolecular Hbond substituents is 1. The number of ether oxygens (including phenoxy) is 2. The molecule has 0 bridgehead atoms. The van der Waals surface area contributed by atoms with Crippen LogP contribution in [0.4, 0.5) is 0 Å². The van der Waals surface area contributed by atoms with Crippen LogP contribution >= 0.6 is 12.4 Å². The summed E-state index contributed by atoms with van der Waals surface area (Å²) in [5.41, 5.74) is 6.37. The van der Waals surface area contributed by atoms with E-state index in [1.807, 2.05) is 0 Å². The first-order chi connectivity index (χ1) is 9.51. The number of hydrogen-bond donors (Lipinski definition) is 2. The summed E-state index contributed by atoms with van der Waals surface area (Å²) in [6.07, 6.45) is -0.0158. The molecule has 0 spiro atoms. The molecule has 1 amide bonds. The van der Waals surface area contributed by atoms with Gasteiger partial charge in [-0.1, -0.05) is 6.07 Å². The summed E-state index contributed by atoms with van der Waals surface area (Å²) in [6, 6.07) is 5.00. The highest BCUT2D eigenvalue weighted by molar-refractivity contribution is 5.85. The smallest absolute Gasteiger partial charge is 0.225 e. The highest BCUT2D eigenvalue weighted by Crippen LogP contribution is 2.26. The van der Waals surface area contributed by atoms with E-state index >= 15 is 0 Å². The fraction of sp³-hybridized carbons (Fsp3) is 0.500. The highest BCUT2D eigenvalue weighted by Gasteiger charge is 2.16. The molecule has 0 radical (unpaired) electrons. The third-order valence-corrected chi connectivity index (χ3v) is 3.09. The van der Waals surface area contributed by atoms with Crippen LogP contribution in [0.5, 0.6) is 11.5 Å². The van der Waals surface area contributed by atoms with Gasteiger partial charge in [-0.2, -0.15) is 0 Å². The maximum Gasteiger partial charge on any atom is 0.225 e. The maximum absolute atomic E-state index is 12.0. The Labute approximate surface area is 131 Å². The van der Waals surface area contributed by atoms with E-state index < -0.39 is 0 Å². The first kappa shape index (κ1) is 19.5. The molecular formula is C14H23ClN2O4. The molecule has 0 aliphatic rings. The van der Waals surface area contributed by atoms with Gasteiger partial charge < -0.3 is 25.2 Å². The van der Waals surface area contributed by atoms with Gasteiger partial charge >= 0.3 is 0 Å². The number of aromatic hydroxyl groups is 1. The van der Waals surface area contributed by atoms with E-state index in [1.165, 1.54) is 14.2 Å². The summed E-state index contributed by atoms with van der Waals surface area (Å²) in [5, 5.41) is 9.53. The second kappa shape index (κ2) is 9.44. The van der Waals surface area contributed by atoms with Crippen LogP contribution in [0.3, 0.4) is 0 Å². The lowest BCUT2D eigenvalue weighted by Gasteiger charge is -2.20. The summed E-state index contributed by atoms with van der Waals surface area (Å²) in [5.74, 6) is 0.419. The number of methoxy groups -OCH3 is 2. The lowest BCUT2D eigenvalue weighted by molar-refractivity contribution is -0.132. The SMILES string of the molecule is COc1cc(CN(C)C(=O)CC(CN)OC)ccc1O.Cl.